The van der Waals surface area contributed by atoms with Crippen molar-refractivity contribution in [2.75, 3.05) is 19.6 Å². The predicted molar refractivity (Wildman–Crippen MR) is 88.1 cm³/mol. The molecule has 1 amide bonds. The summed E-state index contributed by atoms with van der Waals surface area (Å²) in [6, 6.07) is 5.85. The van der Waals surface area contributed by atoms with Crippen LogP contribution in [0.5, 0.6) is 0 Å². The van der Waals surface area contributed by atoms with E-state index in [0.717, 1.165) is 13.1 Å². The largest absolute Gasteiger partial charge is 0.459 e. The third-order valence-corrected chi connectivity index (χ3v) is 4.91. The van der Waals surface area contributed by atoms with Crippen molar-refractivity contribution in [3.63, 3.8) is 0 Å². The van der Waals surface area contributed by atoms with Gasteiger partial charge in [0.2, 0.25) is 0 Å². The summed E-state index contributed by atoms with van der Waals surface area (Å²) in [5.74, 6) is 0.236. The molecule has 0 bridgehead atoms. The summed E-state index contributed by atoms with van der Waals surface area (Å²) >= 11 is 1.71. The van der Waals surface area contributed by atoms with Gasteiger partial charge in [0.15, 0.2) is 5.76 Å². The van der Waals surface area contributed by atoms with Gasteiger partial charge in [-0.05, 0) is 60.5 Å². The normalized spacial score (nSPS) is 17.8. The molecule has 0 saturated carbocycles. The molecule has 0 radical (unpaired) electrons. The molecule has 5 heteroatoms. The van der Waals surface area contributed by atoms with E-state index in [1.165, 1.54) is 37.5 Å². The van der Waals surface area contributed by atoms with Gasteiger partial charge in [-0.2, -0.15) is 11.3 Å². The molecule has 2 aromatic rings. The van der Waals surface area contributed by atoms with Crippen molar-refractivity contribution < 1.29 is 9.21 Å². The predicted octanol–water partition coefficient (Wildman–Crippen LogP) is 3.69. The van der Waals surface area contributed by atoms with E-state index in [0.29, 0.717) is 12.3 Å². The van der Waals surface area contributed by atoms with Crippen molar-refractivity contribution in [3.05, 3.63) is 46.5 Å². The number of rotatable bonds is 5. The molecule has 4 nitrogen and oxygen atoms in total. The number of carbonyl (C=O) groups is 1. The fourth-order valence-corrected chi connectivity index (χ4v) is 3.72. The van der Waals surface area contributed by atoms with Crippen LogP contribution in [0.1, 0.15) is 47.8 Å². The lowest BCUT2D eigenvalue weighted by atomic mass is 10.1. The van der Waals surface area contributed by atoms with Gasteiger partial charge in [0, 0.05) is 6.54 Å². The van der Waals surface area contributed by atoms with E-state index in [-0.39, 0.29) is 11.9 Å². The summed E-state index contributed by atoms with van der Waals surface area (Å²) in [4.78, 5) is 14.6. The van der Waals surface area contributed by atoms with Gasteiger partial charge in [0.25, 0.3) is 5.91 Å². The summed E-state index contributed by atoms with van der Waals surface area (Å²) in [6.45, 7) is 2.84. The molecule has 1 saturated heterocycles. The van der Waals surface area contributed by atoms with E-state index in [9.17, 15) is 4.79 Å². The standard InChI is InChI=1S/C17H22N2O2S/c20-17(16-6-5-10-21-16)18-12-15(14-7-11-22-13-14)19-8-3-1-2-4-9-19/h5-7,10-11,13,15H,1-4,8-9,12H2,(H,18,20)/t15-/m1/s1. The maximum absolute atomic E-state index is 12.1. The number of amides is 1. The van der Waals surface area contributed by atoms with Gasteiger partial charge in [-0.3, -0.25) is 9.69 Å². The minimum Gasteiger partial charge on any atom is -0.459 e. The lowest BCUT2D eigenvalue weighted by Gasteiger charge is -2.30. The Morgan fingerprint density at radius 2 is 2.09 bits per heavy atom. The number of nitrogens with one attached hydrogen (secondary N) is 1. The van der Waals surface area contributed by atoms with Gasteiger partial charge in [-0.25, -0.2) is 0 Å². The average molecular weight is 318 g/mol. The molecular weight excluding hydrogens is 296 g/mol. The van der Waals surface area contributed by atoms with Crippen molar-refractivity contribution in [3.8, 4) is 0 Å². The average Bonchev–Trinajstić information content (AvgIpc) is 3.18. The summed E-state index contributed by atoms with van der Waals surface area (Å²) in [5, 5.41) is 7.32. The van der Waals surface area contributed by atoms with Crippen LogP contribution in [0.2, 0.25) is 0 Å². The summed E-state index contributed by atoms with van der Waals surface area (Å²) in [7, 11) is 0. The molecule has 3 rings (SSSR count). The van der Waals surface area contributed by atoms with Gasteiger partial charge in [-0.1, -0.05) is 12.8 Å². The maximum Gasteiger partial charge on any atom is 0.287 e. The summed E-state index contributed by atoms with van der Waals surface area (Å²) in [5.41, 5.74) is 1.30. The Morgan fingerprint density at radius 3 is 2.73 bits per heavy atom. The van der Waals surface area contributed by atoms with Crippen LogP contribution in [0.4, 0.5) is 0 Å². The van der Waals surface area contributed by atoms with Gasteiger partial charge in [-0.15, -0.1) is 0 Å². The van der Waals surface area contributed by atoms with Crippen LogP contribution >= 0.6 is 11.3 Å². The number of hydrogen-bond donors (Lipinski definition) is 1. The van der Waals surface area contributed by atoms with E-state index in [1.807, 2.05) is 0 Å². The molecule has 2 aromatic heterocycles. The highest BCUT2D eigenvalue weighted by atomic mass is 32.1. The third-order valence-electron chi connectivity index (χ3n) is 4.21. The first kappa shape index (κ1) is 15.3. The van der Waals surface area contributed by atoms with Crippen LogP contribution < -0.4 is 5.32 Å². The number of likely N-dealkylation sites (tertiary alicyclic amines) is 1. The van der Waals surface area contributed by atoms with E-state index in [1.54, 1.807) is 23.5 Å². The minimum atomic E-state index is -0.139. The van der Waals surface area contributed by atoms with E-state index in [4.69, 9.17) is 4.42 Å². The summed E-state index contributed by atoms with van der Waals surface area (Å²) in [6.07, 6.45) is 6.64. The topological polar surface area (TPSA) is 45.5 Å². The van der Waals surface area contributed by atoms with E-state index < -0.39 is 0 Å². The van der Waals surface area contributed by atoms with Crippen molar-refractivity contribution in [2.24, 2.45) is 0 Å². The molecule has 0 spiro atoms. The Kier molecular flexibility index (Phi) is 5.29. The molecule has 118 valence electrons. The van der Waals surface area contributed by atoms with Crippen LogP contribution in [0.25, 0.3) is 0 Å². The molecule has 1 aliphatic heterocycles. The molecule has 0 unspecified atom stereocenters. The van der Waals surface area contributed by atoms with Crippen LogP contribution in [-0.2, 0) is 0 Å². The molecule has 0 aromatic carbocycles. The first-order valence-corrected chi connectivity index (χ1v) is 8.87. The summed E-state index contributed by atoms with van der Waals surface area (Å²) < 4.78 is 5.16. The SMILES string of the molecule is O=C(NC[C@H](c1ccsc1)N1CCCCCC1)c1ccco1. The Morgan fingerprint density at radius 1 is 1.27 bits per heavy atom. The van der Waals surface area contributed by atoms with Gasteiger partial charge in [0.05, 0.1) is 12.3 Å². The van der Waals surface area contributed by atoms with Gasteiger partial charge >= 0.3 is 0 Å². The Hall–Kier alpha value is -1.59. The fourth-order valence-electron chi connectivity index (χ4n) is 3.01. The quantitative estimate of drug-likeness (QED) is 0.914. The first-order valence-electron chi connectivity index (χ1n) is 7.92. The number of nitrogens with zero attached hydrogens (tertiary/aromatic N) is 1. The van der Waals surface area contributed by atoms with Crippen LogP contribution in [-0.4, -0.2) is 30.4 Å². The van der Waals surface area contributed by atoms with E-state index >= 15 is 0 Å². The Balaban J connectivity index is 1.67. The van der Waals surface area contributed by atoms with Crippen LogP contribution in [0.3, 0.4) is 0 Å². The van der Waals surface area contributed by atoms with Gasteiger partial charge < -0.3 is 9.73 Å². The second-order valence-corrected chi connectivity index (χ2v) is 6.49. The number of hydrogen-bond acceptors (Lipinski definition) is 4. The van der Waals surface area contributed by atoms with Crippen molar-refractivity contribution in [1.29, 1.82) is 0 Å². The smallest absolute Gasteiger partial charge is 0.287 e. The highest BCUT2D eigenvalue weighted by molar-refractivity contribution is 7.07. The molecular formula is C17H22N2O2S. The number of carbonyl (C=O) groups excluding carboxylic acids is 1. The fraction of sp³-hybridized carbons (Fsp3) is 0.471. The van der Waals surface area contributed by atoms with Crippen molar-refractivity contribution >= 4 is 17.2 Å². The third kappa shape index (κ3) is 3.78. The molecule has 1 atom stereocenters. The second kappa shape index (κ2) is 7.61. The Bertz CT molecular complexity index is 558. The van der Waals surface area contributed by atoms with Crippen LogP contribution in [0.15, 0.2) is 39.6 Å². The highest BCUT2D eigenvalue weighted by Crippen LogP contribution is 2.25. The first-order chi connectivity index (χ1) is 10.8. The molecule has 0 aliphatic carbocycles. The maximum atomic E-state index is 12.1. The number of furan rings is 1. The lowest BCUT2D eigenvalue weighted by molar-refractivity contribution is 0.0905. The molecule has 1 aliphatic rings. The molecule has 1 fully saturated rings. The van der Waals surface area contributed by atoms with Crippen molar-refractivity contribution in [2.45, 2.75) is 31.7 Å². The lowest BCUT2D eigenvalue weighted by Crippen LogP contribution is -2.38. The zero-order valence-electron chi connectivity index (χ0n) is 12.7. The zero-order chi connectivity index (χ0) is 15.2. The molecule has 22 heavy (non-hydrogen) atoms. The molecule has 1 N–H and O–H groups in total. The highest BCUT2D eigenvalue weighted by Gasteiger charge is 2.23. The van der Waals surface area contributed by atoms with Crippen molar-refractivity contribution in [1.82, 2.24) is 10.2 Å². The Labute approximate surface area is 135 Å². The van der Waals surface area contributed by atoms with Crippen LogP contribution in [0, 0.1) is 0 Å². The number of thiophene rings is 1. The monoisotopic (exact) mass is 318 g/mol. The van der Waals surface area contributed by atoms with E-state index in [2.05, 4.69) is 27.0 Å². The van der Waals surface area contributed by atoms with Gasteiger partial charge in [0.1, 0.15) is 0 Å². The minimum absolute atomic E-state index is 0.139. The zero-order valence-corrected chi connectivity index (χ0v) is 13.5. The molecule has 3 heterocycles. The second-order valence-electron chi connectivity index (χ2n) is 5.71.